The molecule has 3 fully saturated rings. The highest BCUT2D eigenvalue weighted by atomic mass is 19.4. The number of aliphatic carboxylic acids is 1. The highest BCUT2D eigenvalue weighted by Gasteiger charge is 2.59. The van der Waals surface area contributed by atoms with Crippen LogP contribution >= 0.6 is 0 Å². The summed E-state index contributed by atoms with van der Waals surface area (Å²) in [7, 11) is 0. The molecule has 0 aromatic heterocycles. The van der Waals surface area contributed by atoms with Gasteiger partial charge in [0.15, 0.2) is 0 Å². The van der Waals surface area contributed by atoms with Crippen LogP contribution in [0.5, 0.6) is 0 Å². The molecule has 3 rings (SSSR count). The molecule has 3 aliphatic rings. The predicted octanol–water partition coefficient (Wildman–Crippen LogP) is 3.21. The van der Waals surface area contributed by atoms with Crippen LogP contribution in [0.25, 0.3) is 0 Å². The normalized spacial score (nSPS) is 28.8. The van der Waals surface area contributed by atoms with Gasteiger partial charge in [0.2, 0.25) is 5.91 Å². The number of likely N-dealkylation sites (tertiary alicyclic amines) is 1. The topological polar surface area (TPSA) is 57.6 Å². The van der Waals surface area contributed by atoms with Crippen LogP contribution in [0.1, 0.15) is 51.4 Å². The number of carboxylic acid groups (broad SMARTS) is 1. The maximum Gasteiger partial charge on any atom is 0.392 e. The Morgan fingerprint density at radius 1 is 1.13 bits per heavy atom. The lowest BCUT2D eigenvalue weighted by Gasteiger charge is -2.54. The van der Waals surface area contributed by atoms with Crippen molar-refractivity contribution < 1.29 is 27.9 Å². The fraction of sp³-hybridized carbons (Fsp3) is 0.875. The van der Waals surface area contributed by atoms with Crippen LogP contribution in [0.3, 0.4) is 0 Å². The zero-order chi connectivity index (χ0) is 16.9. The molecule has 1 heterocycles. The molecule has 23 heavy (non-hydrogen) atoms. The zero-order valence-electron chi connectivity index (χ0n) is 13.0. The SMILES string of the molecule is O=C(CC1(C(=O)O)CCC1)N1CC[C@@H](C(F)(F)F)C2(CCC2)C1. The Kier molecular flexibility index (Phi) is 3.88. The number of piperidine rings is 1. The van der Waals surface area contributed by atoms with Gasteiger partial charge in [0.05, 0.1) is 11.3 Å². The van der Waals surface area contributed by atoms with Gasteiger partial charge in [-0.2, -0.15) is 13.2 Å². The van der Waals surface area contributed by atoms with Crippen LogP contribution in [0, 0.1) is 16.7 Å². The number of rotatable bonds is 3. The van der Waals surface area contributed by atoms with Gasteiger partial charge in [-0.05, 0) is 37.5 Å². The van der Waals surface area contributed by atoms with Gasteiger partial charge in [-0.1, -0.05) is 12.8 Å². The van der Waals surface area contributed by atoms with Gasteiger partial charge in [-0.3, -0.25) is 9.59 Å². The number of carbonyl (C=O) groups is 2. The van der Waals surface area contributed by atoms with Crippen LogP contribution in [-0.2, 0) is 9.59 Å². The van der Waals surface area contributed by atoms with E-state index in [1.54, 1.807) is 0 Å². The number of carbonyl (C=O) groups excluding carboxylic acids is 1. The monoisotopic (exact) mass is 333 g/mol. The van der Waals surface area contributed by atoms with Crippen molar-refractivity contribution in [3.8, 4) is 0 Å². The number of amides is 1. The Morgan fingerprint density at radius 2 is 1.74 bits per heavy atom. The minimum Gasteiger partial charge on any atom is -0.481 e. The second kappa shape index (κ2) is 5.38. The van der Waals surface area contributed by atoms with E-state index in [2.05, 4.69) is 0 Å². The van der Waals surface area contributed by atoms with Gasteiger partial charge in [0.1, 0.15) is 0 Å². The molecule has 0 unspecified atom stereocenters. The van der Waals surface area contributed by atoms with Crippen LogP contribution in [0.4, 0.5) is 13.2 Å². The van der Waals surface area contributed by atoms with Crippen LogP contribution < -0.4 is 0 Å². The average Bonchev–Trinajstić information content (AvgIpc) is 2.38. The summed E-state index contributed by atoms with van der Waals surface area (Å²) >= 11 is 0. The maximum absolute atomic E-state index is 13.2. The summed E-state index contributed by atoms with van der Waals surface area (Å²) < 4.78 is 39.7. The third kappa shape index (κ3) is 2.72. The van der Waals surface area contributed by atoms with Crippen molar-refractivity contribution >= 4 is 11.9 Å². The summed E-state index contributed by atoms with van der Waals surface area (Å²) in [6.45, 7) is 0.214. The summed E-state index contributed by atoms with van der Waals surface area (Å²) in [5, 5.41) is 9.32. The van der Waals surface area contributed by atoms with E-state index >= 15 is 0 Å². The molecule has 2 saturated carbocycles. The summed E-state index contributed by atoms with van der Waals surface area (Å²) in [5.74, 6) is -2.58. The van der Waals surface area contributed by atoms with E-state index in [0.717, 1.165) is 12.8 Å². The van der Waals surface area contributed by atoms with Crippen LogP contribution in [-0.4, -0.2) is 41.1 Å². The lowest BCUT2D eigenvalue weighted by molar-refractivity contribution is -0.237. The van der Waals surface area contributed by atoms with E-state index in [4.69, 9.17) is 0 Å². The van der Waals surface area contributed by atoms with Crippen molar-refractivity contribution in [2.75, 3.05) is 13.1 Å². The Bertz CT molecular complexity index is 509. The summed E-state index contributed by atoms with van der Waals surface area (Å²) in [6.07, 6.45) is -0.809. The van der Waals surface area contributed by atoms with E-state index in [9.17, 15) is 27.9 Å². The van der Waals surface area contributed by atoms with Gasteiger partial charge in [-0.15, -0.1) is 0 Å². The fourth-order valence-electron chi connectivity index (χ4n) is 4.49. The number of carboxylic acids is 1. The van der Waals surface area contributed by atoms with Gasteiger partial charge < -0.3 is 10.0 Å². The minimum atomic E-state index is -4.22. The molecule has 0 aromatic carbocycles. The zero-order valence-corrected chi connectivity index (χ0v) is 13.0. The standard InChI is InChI=1S/C16H22F3NO3/c17-16(18,19)11-3-8-20(10-15(11)6-2-7-15)12(21)9-14(13(22)23)4-1-5-14/h11H,1-10H2,(H,22,23)/t11-/m1/s1. The fourth-order valence-corrected chi connectivity index (χ4v) is 4.49. The van der Waals surface area contributed by atoms with Gasteiger partial charge >= 0.3 is 12.1 Å². The Morgan fingerprint density at radius 3 is 2.13 bits per heavy atom. The largest absolute Gasteiger partial charge is 0.481 e. The quantitative estimate of drug-likeness (QED) is 0.863. The third-order valence-electron chi connectivity index (χ3n) is 6.28. The molecule has 0 radical (unpaired) electrons. The number of alkyl halides is 3. The Balaban J connectivity index is 1.68. The summed E-state index contributed by atoms with van der Waals surface area (Å²) in [5.41, 5.74) is -1.81. The smallest absolute Gasteiger partial charge is 0.392 e. The third-order valence-corrected chi connectivity index (χ3v) is 6.28. The second-order valence-corrected chi connectivity index (χ2v) is 7.53. The number of hydrogen-bond donors (Lipinski definition) is 1. The molecule has 1 spiro atoms. The Hall–Kier alpha value is -1.27. The van der Waals surface area contributed by atoms with E-state index in [0.29, 0.717) is 25.7 Å². The minimum absolute atomic E-state index is 0.0602. The first-order valence-corrected chi connectivity index (χ1v) is 8.27. The first-order chi connectivity index (χ1) is 10.7. The molecule has 2 aliphatic carbocycles. The maximum atomic E-state index is 13.2. The van der Waals surface area contributed by atoms with Gasteiger partial charge in [-0.25, -0.2) is 0 Å². The molecule has 130 valence electrons. The van der Waals surface area contributed by atoms with Crippen molar-refractivity contribution in [1.82, 2.24) is 4.90 Å². The molecule has 1 atom stereocenters. The van der Waals surface area contributed by atoms with Crippen LogP contribution in [0.2, 0.25) is 0 Å². The Labute approximate surface area is 133 Å². The van der Waals surface area contributed by atoms with Crippen molar-refractivity contribution in [2.24, 2.45) is 16.7 Å². The number of hydrogen-bond acceptors (Lipinski definition) is 2. The average molecular weight is 333 g/mol. The summed E-state index contributed by atoms with van der Waals surface area (Å²) in [4.78, 5) is 25.3. The second-order valence-electron chi connectivity index (χ2n) is 7.53. The first kappa shape index (κ1) is 16.6. The molecule has 7 heteroatoms. The predicted molar refractivity (Wildman–Crippen MR) is 75.6 cm³/mol. The number of halogens is 3. The van der Waals surface area contributed by atoms with Crippen molar-refractivity contribution in [3.05, 3.63) is 0 Å². The molecule has 1 amide bonds. The van der Waals surface area contributed by atoms with E-state index in [1.807, 2.05) is 0 Å². The van der Waals surface area contributed by atoms with E-state index < -0.39 is 28.9 Å². The highest BCUT2D eigenvalue weighted by molar-refractivity contribution is 5.85. The van der Waals surface area contributed by atoms with Crippen molar-refractivity contribution in [3.63, 3.8) is 0 Å². The lowest BCUT2D eigenvalue weighted by Crippen LogP contribution is -2.58. The van der Waals surface area contributed by atoms with Gasteiger partial charge in [0, 0.05) is 19.5 Å². The molecule has 1 N–H and O–H groups in total. The summed E-state index contributed by atoms with van der Waals surface area (Å²) in [6, 6.07) is 0. The van der Waals surface area contributed by atoms with E-state index in [1.165, 1.54) is 4.90 Å². The van der Waals surface area contributed by atoms with Crippen LogP contribution in [0.15, 0.2) is 0 Å². The first-order valence-electron chi connectivity index (χ1n) is 8.27. The van der Waals surface area contributed by atoms with Crippen molar-refractivity contribution in [1.29, 1.82) is 0 Å². The molecular weight excluding hydrogens is 311 g/mol. The number of nitrogens with zero attached hydrogens (tertiary/aromatic N) is 1. The lowest BCUT2D eigenvalue weighted by atomic mass is 9.58. The molecular formula is C16H22F3NO3. The van der Waals surface area contributed by atoms with Crippen molar-refractivity contribution in [2.45, 2.75) is 57.5 Å². The molecule has 4 nitrogen and oxygen atoms in total. The van der Waals surface area contributed by atoms with E-state index in [-0.39, 0.29) is 31.8 Å². The molecule has 1 aliphatic heterocycles. The molecule has 1 saturated heterocycles. The molecule has 0 bridgehead atoms. The van der Waals surface area contributed by atoms with Gasteiger partial charge in [0.25, 0.3) is 0 Å². The molecule has 0 aromatic rings. The highest BCUT2D eigenvalue weighted by Crippen LogP contribution is 2.56.